The van der Waals surface area contributed by atoms with E-state index in [-0.39, 0.29) is 0 Å². The summed E-state index contributed by atoms with van der Waals surface area (Å²) in [5.41, 5.74) is 3.12. The minimum atomic E-state index is -0.614. The molecule has 2 rings (SSSR count). The van der Waals surface area contributed by atoms with E-state index >= 15 is 0 Å². The van der Waals surface area contributed by atoms with Crippen LogP contribution in [0.1, 0.15) is 25.0 Å². The maximum atomic E-state index is 6.42. The van der Waals surface area contributed by atoms with Gasteiger partial charge in [-0.3, -0.25) is 0 Å². The molecular formula is C20H26BO2P. The lowest BCUT2D eigenvalue weighted by Crippen LogP contribution is -2.19. The molecule has 126 valence electrons. The van der Waals surface area contributed by atoms with Crippen molar-refractivity contribution in [1.29, 1.82) is 0 Å². The standard InChI is InChI=1S/C20H26BO2P/c1-17(13-22-15-19-9-5-3-6-10-19)24(21)18(2)14-23-16-20-11-7-4-8-12-20/h3-12,17-18H,13-16H2,1-2H3. The first-order chi connectivity index (χ1) is 11.7. The second kappa shape index (κ2) is 10.7. The van der Waals surface area contributed by atoms with Gasteiger partial charge in [0.05, 0.1) is 26.4 Å². The quantitative estimate of drug-likeness (QED) is 0.458. The molecule has 2 aromatic rings. The minimum absolute atomic E-state index is 0.360. The largest absolute Gasteiger partial charge is 0.376 e. The van der Waals surface area contributed by atoms with Crippen molar-refractivity contribution in [2.24, 2.45) is 0 Å². The Morgan fingerprint density at radius 1 is 0.750 bits per heavy atom. The van der Waals surface area contributed by atoms with Crippen molar-refractivity contribution >= 4 is 15.4 Å². The molecule has 2 unspecified atom stereocenters. The molecule has 2 radical (unpaired) electrons. The Morgan fingerprint density at radius 3 is 1.50 bits per heavy atom. The first-order valence-corrected chi connectivity index (χ1v) is 9.98. The maximum Gasteiger partial charge on any atom is 0.109 e. The van der Waals surface area contributed by atoms with E-state index in [4.69, 9.17) is 17.0 Å². The van der Waals surface area contributed by atoms with Crippen LogP contribution in [0.2, 0.25) is 0 Å². The van der Waals surface area contributed by atoms with Gasteiger partial charge in [0.1, 0.15) is 7.57 Å². The van der Waals surface area contributed by atoms with Gasteiger partial charge in [0.15, 0.2) is 0 Å². The molecule has 0 aliphatic heterocycles. The first-order valence-electron chi connectivity index (χ1n) is 8.43. The van der Waals surface area contributed by atoms with Crippen molar-refractivity contribution in [3.8, 4) is 0 Å². The molecule has 0 saturated carbocycles. The zero-order valence-corrected chi connectivity index (χ0v) is 15.5. The summed E-state index contributed by atoms with van der Waals surface area (Å²) in [5.74, 6) is 0. The van der Waals surface area contributed by atoms with Crippen LogP contribution in [0.25, 0.3) is 0 Å². The number of hydrogen-bond donors (Lipinski definition) is 0. The number of rotatable bonds is 10. The highest BCUT2D eigenvalue weighted by atomic mass is 31.1. The summed E-state index contributed by atoms with van der Waals surface area (Å²) in [6.07, 6.45) is 0. The molecule has 0 N–H and O–H groups in total. The van der Waals surface area contributed by atoms with Gasteiger partial charge in [-0.25, -0.2) is 0 Å². The summed E-state index contributed by atoms with van der Waals surface area (Å²) in [5, 5.41) is 0. The van der Waals surface area contributed by atoms with Crippen LogP contribution in [0.4, 0.5) is 0 Å². The second-order valence-corrected chi connectivity index (χ2v) is 8.80. The normalized spacial score (nSPS) is 14.9. The lowest BCUT2D eigenvalue weighted by atomic mass is 10.2. The fourth-order valence-electron chi connectivity index (χ4n) is 2.45. The number of hydrogen-bond acceptors (Lipinski definition) is 2. The van der Waals surface area contributed by atoms with Gasteiger partial charge >= 0.3 is 0 Å². The Bertz CT molecular complexity index is 513. The molecule has 0 heterocycles. The molecule has 2 aromatic carbocycles. The van der Waals surface area contributed by atoms with E-state index in [2.05, 4.69) is 38.1 Å². The Kier molecular flexibility index (Phi) is 8.52. The van der Waals surface area contributed by atoms with Gasteiger partial charge in [0, 0.05) is 0 Å². The van der Waals surface area contributed by atoms with E-state index in [0.717, 1.165) is 0 Å². The van der Waals surface area contributed by atoms with E-state index in [9.17, 15) is 0 Å². The molecule has 0 bridgehead atoms. The lowest BCUT2D eigenvalue weighted by molar-refractivity contribution is 0.118. The zero-order valence-electron chi connectivity index (χ0n) is 14.6. The van der Waals surface area contributed by atoms with E-state index < -0.39 is 7.80 Å². The van der Waals surface area contributed by atoms with Crippen LogP contribution in [0, 0.1) is 0 Å². The molecule has 2 atom stereocenters. The van der Waals surface area contributed by atoms with Crippen LogP contribution in [0.3, 0.4) is 0 Å². The Hall–Kier alpha value is -1.15. The van der Waals surface area contributed by atoms with E-state index in [1.807, 2.05) is 36.4 Å². The summed E-state index contributed by atoms with van der Waals surface area (Å²) in [6.45, 7) is 7.02. The van der Waals surface area contributed by atoms with Crippen LogP contribution in [0.5, 0.6) is 0 Å². The van der Waals surface area contributed by atoms with Gasteiger partial charge in [0.25, 0.3) is 0 Å². The summed E-state index contributed by atoms with van der Waals surface area (Å²) in [6, 6.07) is 20.5. The van der Waals surface area contributed by atoms with E-state index in [1.165, 1.54) is 11.1 Å². The van der Waals surface area contributed by atoms with E-state index in [1.54, 1.807) is 0 Å². The van der Waals surface area contributed by atoms with Crippen LogP contribution in [-0.2, 0) is 22.7 Å². The predicted molar refractivity (Wildman–Crippen MR) is 104 cm³/mol. The number of ether oxygens (including phenoxy) is 2. The van der Waals surface area contributed by atoms with Crippen LogP contribution in [-0.4, -0.2) is 32.1 Å². The van der Waals surface area contributed by atoms with Gasteiger partial charge in [-0.2, -0.15) is 0 Å². The smallest absolute Gasteiger partial charge is 0.109 e. The van der Waals surface area contributed by atoms with Gasteiger partial charge < -0.3 is 9.47 Å². The van der Waals surface area contributed by atoms with Crippen molar-refractivity contribution in [2.45, 2.75) is 38.4 Å². The average molecular weight is 340 g/mol. The van der Waals surface area contributed by atoms with Crippen molar-refractivity contribution in [1.82, 2.24) is 0 Å². The van der Waals surface area contributed by atoms with Crippen molar-refractivity contribution in [3.05, 3.63) is 71.8 Å². The molecule has 24 heavy (non-hydrogen) atoms. The molecule has 2 nitrogen and oxygen atoms in total. The van der Waals surface area contributed by atoms with Gasteiger partial charge in [-0.15, -0.1) is 7.80 Å². The third-order valence-electron chi connectivity index (χ3n) is 3.96. The topological polar surface area (TPSA) is 18.5 Å². The summed E-state index contributed by atoms with van der Waals surface area (Å²) < 4.78 is 11.6. The molecule has 0 spiro atoms. The Labute approximate surface area is 148 Å². The minimum Gasteiger partial charge on any atom is -0.376 e. The molecular weight excluding hydrogens is 314 g/mol. The fraction of sp³-hybridized carbons (Fsp3) is 0.400. The van der Waals surface area contributed by atoms with Crippen LogP contribution in [0.15, 0.2) is 60.7 Å². The monoisotopic (exact) mass is 340 g/mol. The van der Waals surface area contributed by atoms with Crippen LogP contribution >= 0.6 is 7.80 Å². The fourth-order valence-corrected chi connectivity index (χ4v) is 3.87. The highest BCUT2D eigenvalue weighted by Gasteiger charge is 2.18. The Balaban J connectivity index is 1.64. The SMILES string of the molecule is [B]P(C(C)COCc1ccccc1)C(C)COCc1ccccc1. The number of benzene rings is 2. The molecule has 0 aliphatic rings. The Morgan fingerprint density at radius 2 is 1.12 bits per heavy atom. The first kappa shape index (κ1) is 19.2. The third kappa shape index (κ3) is 6.77. The zero-order chi connectivity index (χ0) is 17.2. The van der Waals surface area contributed by atoms with E-state index in [0.29, 0.717) is 37.7 Å². The third-order valence-corrected chi connectivity index (χ3v) is 6.29. The predicted octanol–water partition coefficient (Wildman–Crippen LogP) is 4.76. The molecule has 0 fully saturated rings. The van der Waals surface area contributed by atoms with Crippen molar-refractivity contribution in [3.63, 3.8) is 0 Å². The summed E-state index contributed by atoms with van der Waals surface area (Å²) >= 11 is 0. The molecule has 0 aliphatic carbocycles. The van der Waals surface area contributed by atoms with Gasteiger partial charge in [-0.05, 0) is 22.4 Å². The van der Waals surface area contributed by atoms with Gasteiger partial charge in [0.2, 0.25) is 0 Å². The van der Waals surface area contributed by atoms with Gasteiger partial charge in [-0.1, -0.05) is 74.5 Å². The molecule has 0 amide bonds. The highest BCUT2D eigenvalue weighted by molar-refractivity contribution is 7.83. The van der Waals surface area contributed by atoms with Crippen molar-refractivity contribution in [2.75, 3.05) is 13.2 Å². The average Bonchev–Trinajstić information content (AvgIpc) is 2.62. The lowest BCUT2D eigenvalue weighted by Gasteiger charge is -2.27. The molecule has 4 heteroatoms. The summed E-state index contributed by atoms with van der Waals surface area (Å²) in [4.78, 5) is 0. The van der Waals surface area contributed by atoms with Crippen molar-refractivity contribution < 1.29 is 9.47 Å². The molecule has 0 saturated heterocycles. The molecule has 0 aromatic heterocycles. The maximum absolute atomic E-state index is 6.42. The second-order valence-electron chi connectivity index (χ2n) is 6.15. The highest BCUT2D eigenvalue weighted by Crippen LogP contribution is 2.41. The summed E-state index contributed by atoms with van der Waals surface area (Å²) in [7, 11) is 5.81. The van der Waals surface area contributed by atoms with Crippen LogP contribution < -0.4 is 0 Å².